The van der Waals surface area contributed by atoms with E-state index in [0.717, 1.165) is 10.0 Å². The highest BCUT2D eigenvalue weighted by Crippen LogP contribution is 2.23. The van der Waals surface area contributed by atoms with Crippen molar-refractivity contribution >= 4 is 41.3 Å². The lowest BCUT2D eigenvalue weighted by molar-refractivity contribution is -0.137. The van der Waals surface area contributed by atoms with Crippen LogP contribution in [0.4, 0.5) is 0 Å². The standard InChI is InChI=1S/C11H10N2O2S3/c1-15-9(14)7-17-10-12-13(11(16)18-10)8-5-3-2-4-6-8/h2-6H,7H2,1H3. The molecule has 0 unspecified atom stereocenters. The van der Waals surface area contributed by atoms with Crippen molar-refractivity contribution < 1.29 is 9.53 Å². The van der Waals surface area contributed by atoms with Crippen LogP contribution in [0.25, 0.3) is 5.69 Å². The summed E-state index contributed by atoms with van der Waals surface area (Å²) >= 11 is 7.96. The SMILES string of the molecule is COC(=O)CSc1nn(-c2ccccc2)c(=S)s1. The van der Waals surface area contributed by atoms with Gasteiger partial charge in [-0.05, 0) is 24.4 Å². The van der Waals surface area contributed by atoms with Crippen LogP contribution in [-0.2, 0) is 9.53 Å². The second-order valence-electron chi connectivity index (χ2n) is 3.25. The first-order chi connectivity index (χ1) is 8.70. The van der Waals surface area contributed by atoms with Gasteiger partial charge >= 0.3 is 5.97 Å². The van der Waals surface area contributed by atoms with Crippen LogP contribution >= 0.6 is 35.3 Å². The van der Waals surface area contributed by atoms with Crippen LogP contribution in [0.1, 0.15) is 0 Å². The maximum Gasteiger partial charge on any atom is 0.316 e. The molecule has 0 fully saturated rings. The third-order valence-corrected chi connectivity index (χ3v) is 4.41. The molecular weight excluding hydrogens is 288 g/mol. The third-order valence-electron chi connectivity index (χ3n) is 2.07. The molecule has 4 nitrogen and oxygen atoms in total. The molecule has 1 heterocycles. The summed E-state index contributed by atoms with van der Waals surface area (Å²) in [5, 5.41) is 4.37. The number of rotatable bonds is 4. The largest absolute Gasteiger partial charge is 0.468 e. The number of thioether (sulfide) groups is 1. The Morgan fingerprint density at radius 2 is 2.22 bits per heavy atom. The second kappa shape index (κ2) is 6.12. The summed E-state index contributed by atoms with van der Waals surface area (Å²) in [5.74, 6) is -0.0273. The lowest BCUT2D eigenvalue weighted by Crippen LogP contribution is -2.03. The molecule has 0 atom stereocenters. The Hall–Kier alpha value is -1.18. The fourth-order valence-corrected chi connectivity index (χ4v) is 3.42. The molecule has 0 bridgehead atoms. The second-order valence-corrected chi connectivity index (χ2v) is 6.09. The van der Waals surface area contributed by atoms with Crippen LogP contribution in [0.2, 0.25) is 0 Å². The van der Waals surface area contributed by atoms with E-state index in [0.29, 0.717) is 3.95 Å². The van der Waals surface area contributed by atoms with Gasteiger partial charge in [0.15, 0.2) is 8.29 Å². The van der Waals surface area contributed by atoms with Crippen molar-refractivity contribution in [1.29, 1.82) is 0 Å². The molecule has 2 aromatic rings. The average molecular weight is 298 g/mol. The highest BCUT2D eigenvalue weighted by atomic mass is 32.2. The van der Waals surface area contributed by atoms with Gasteiger partial charge in [0.05, 0.1) is 18.6 Å². The van der Waals surface area contributed by atoms with Gasteiger partial charge in [-0.2, -0.15) is 0 Å². The van der Waals surface area contributed by atoms with Crippen molar-refractivity contribution in [1.82, 2.24) is 9.78 Å². The molecule has 0 saturated heterocycles. The highest BCUT2D eigenvalue weighted by Gasteiger charge is 2.08. The predicted octanol–water partition coefficient (Wildman–Crippen LogP) is 2.93. The van der Waals surface area contributed by atoms with Crippen molar-refractivity contribution in [2.75, 3.05) is 12.9 Å². The monoisotopic (exact) mass is 298 g/mol. The molecule has 0 radical (unpaired) electrons. The fraction of sp³-hybridized carbons (Fsp3) is 0.182. The normalized spacial score (nSPS) is 10.3. The van der Waals surface area contributed by atoms with Crippen molar-refractivity contribution in [2.45, 2.75) is 4.34 Å². The summed E-state index contributed by atoms with van der Waals surface area (Å²) in [6, 6.07) is 9.66. The first-order valence-electron chi connectivity index (χ1n) is 5.06. The van der Waals surface area contributed by atoms with Gasteiger partial charge in [-0.3, -0.25) is 4.79 Å². The minimum Gasteiger partial charge on any atom is -0.468 e. The molecule has 0 amide bonds. The Kier molecular flexibility index (Phi) is 4.51. The van der Waals surface area contributed by atoms with Gasteiger partial charge in [0.2, 0.25) is 0 Å². The van der Waals surface area contributed by atoms with Gasteiger partial charge in [0, 0.05) is 0 Å². The van der Waals surface area contributed by atoms with Crippen LogP contribution in [-0.4, -0.2) is 28.6 Å². The maximum absolute atomic E-state index is 11.0. The first kappa shape index (κ1) is 13.3. The molecule has 0 N–H and O–H groups in total. The zero-order chi connectivity index (χ0) is 13.0. The molecule has 18 heavy (non-hydrogen) atoms. The van der Waals surface area contributed by atoms with Crippen LogP contribution in [0, 0.1) is 3.95 Å². The molecule has 2 rings (SSSR count). The lowest BCUT2D eigenvalue weighted by Gasteiger charge is -1.99. The summed E-state index contributed by atoms with van der Waals surface area (Å²) in [6.07, 6.45) is 0. The van der Waals surface area contributed by atoms with Gasteiger partial charge in [-0.15, -0.1) is 5.10 Å². The molecular formula is C11H10N2O2S3. The summed E-state index contributed by atoms with van der Waals surface area (Å²) in [5.41, 5.74) is 0.920. The number of carbonyl (C=O) groups is 1. The number of ether oxygens (including phenoxy) is 1. The number of para-hydroxylation sites is 1. The minimum absolute atomic E-state index is 0.244. The Labute approximate surface area is 118 Å². The van der Waals surface area contributed by atoms with E-state index in [1.165, 1.54) is 30.2 Å². The maximum atomic E-state index is 11.0. The smallest absolute Gasteiger partial charge is 0.316 e. The molecule has 0 aliphatic heterocycles. The number of methoxy groups -OCH3 is 1. The van der Waals surface area contributed by atoms with E-state index < -0.39 is 0 Å². The molecule has 94 valence electrons. The van der Waals surface area contributed by atoms with Crippen LogP contribution in [0.3, 0.4) is 0 Å². The Morgan fingerprint density at radius 3 is 2.89 bits per heavy atom. The molecule has 7 heteroatoms. The van der Waals surface area contributed by atoms with Crippen molar-refractivity contribution in [3.05, 3.63) is 34.3 Å². The quantitative estimate of drug-likeness (QED) is 0.493. The zero-order valence-electron chi connectivity index (χ0n) is 9.53. The summed E-state index contributed by atoms with van der Waals surface area (Å²) in [7, 11) is 1.37. The van der Waals surface area contributed by atoms with Crippen molar-refractivity contribution in [2.24, 2.45) is 0 Å². The molecule has 0 aliphatic rings. The number of benzene rings is 1. The van der Waals surface area contributed by atoms with Crippen LogP contribution < -0.4 is 0 Å². The lowest BCUT2D eigenvalue weighted by atomic mass is 10.3. The number of esters is 1. The van der Waals surface area contributed by atoms with E-state index in [9.17, 15) is 4.79 Å². The number of hydrogen-bond donors (Lipinski definition) is 0. The van der Waals surface area contributed by atoms with E-state index in [1.54, 1.807) is 4.68 Å². The molecule has 0 saturated carbocycles. The number of hydrogen-bond acceptors (Lipinski definition) is 6. The van der Waals surface area contributed by atoms with Crippen LogP contribution in [0.15, 0.2) is 34.7 Å². The highest BCUT2D eigenvalue weighted by molar-refractivity contribution is 8.01. The van der Waals surface area contributed by atoms with Crippen molar-refractivity contribution in [3.63, 3.8) is 0 Å². The van der Waals surface area contributed by atoms with E-state index >= 15 is 0 Å². The summed E-state index contributed by atoms with van der Waals surface area (Å²) < 4.78 is 7.69. The fourth-order valence-electron chi connectivity index (χ4n) is 1.23. The predicted molar refractivity (Wildman–Crippen MR) is 75.0 cm³/mol. The van der Waals surface area contributed by atoms with E-state index in [4.69, 9.17) is 12.2 Å². The van der Waals surface area contributed by atoms with Crippen LogP contribution in [0.5, 0.6) is 0 Å². The van der Waals surface area contributed by atoms with E-state index in [1.807, 2.05) is 30.3 Å². The molecule has 1 aromatic carbocycles. The Bertz CT molecular complexity index is 592. The zero-order valence-corrected chi connectivity index (χ0v) is 12.0. The van der Waals surface area contributed by atoms with Gasteiger partial charge < -0.3 is 4.74 Å². The van der Waals surface area contributed by atoms with Gasteiger partial charge in [-0.1, -0.05) is 41.3 Å². The summed E-state index contributed by atoms with van der Waals surface area (Å²) in [6.45, 7) is 0. The average Bonchev–Trinajstić information content (AvgIpc) is 2.78. The number of carbonyl (C=O) groups excluding carboxylic acids is 1. The summed E-state index contributed by atoms with van der Waals surface area (Å²) in [4.78, 5) is 11.0. The number of aromatic nitrogens is 2. The number of nitrogens with zero attached hydrogens (tertiary/aromatic N) is 2. The van der Waals surface area contributed by atoms with Gasteiger partial charge in [-0.25, -0.2) is 4.68 Å². The Balaban J connectivity index is 2.18. The van der Waals surface area contributed by atoms with E-state index in [-0.39, 0.29) is 11.7 Å². The van der Waals surface area contributed by atoms with E-state index in [2.05, 4.69) is 9.84 Å². The first-order valence-corrected chi connectivity index (χ1v) is 7.27. The van der Waals surface area contributed by atoms with Gasteiger partial charge in [0.1, 0.15) is 0 Å². The topological polar surface area (TPSA) is 44.1 Å². The molecule has 0 spiro atoms. The molecule has 0 aliphatic carbocycles. The van der Waals surface area contributed by atoms with Crippen molar-refractivity contribution in [3.8, 4) is 5.69 Å². The minimum atomic E-state index is -0.271. The Morgan fingerprint density at radius 1 is 1.50 bits per heavy atom. The molecule has 1 aromatic heterocycles. The third kappa shape index (κ3) is 3.18. The van der Waals surface area contributed by atoms with Gasteiger partial charge in [0.25, 0.3) is 0 Å².